The molecule has 6 nitrogen and oxygen atoms in total. The van der Waals surface area contributed by atoms with Gasteiger partial charge in [0, 0.05) is 32.5 Å². The second-order valence-corrected chi connectivity index (χ2v) is 5.96. The number of hydrogen-bond acceptors (Lipinski definition) is 5. The molecule has 2 heterocycles. The molecule has 0 fully saturated rings. The third-order valence-electron chi connectivity index (χ3n) is 4.02. The molecule has 1 amide bonds. The van der Waals surface area contributed by atoms with Crippen LogP contribution in [-0.4, -0.2) is 39.4 Å². The van der Waals surface area contributed by atoms with Crippen LogP contribution in [0, 0.1) is 0 Å². The molecule has 0 aliphatic rings. The number of nitrogens with one attached hydrogen (secondary N) is 1. The Kier molecular flexibility index (Phi) is 5.88. The van der Waals surface area contributed by atoms with Gasteiger partial charge in [-0.25, -0.2) is 9.97 Å². The van der Waals surface area contributed by atoms with Gasteiger partial charge in [-0.3, -0.25) is 9.78 Å². The summed E-state index contributed by atoms with van der Waals surface area (Å²) in [6.07, 6.45) is 7.38. The number of aromatic nitrogens is 3. The predicted octanol–water partition coefficient (Wildman–Crippen LogP) is 2.80. The highest BCUT2D eigenvalue weighted by atomic mass is 16.2. The SMILES string of the molecule is CN(CCc1ccncc1)C(=O)c1cnc(NCc2ccccc2)cn1. The number of rotatable bonds is 7. The zero-order valence-electron chi connectivity index (χ0n) is 14.7. The van der Waals surface area contributed by atoms with E-state index in [1.54, 1.807) is 30.5 Å². The average Bonchev–Trinajstić information content (AvgIpc) is 2.72. The van der Waals surface area contributed by atoms with Crippen molar-refractivity contribution in [2.75, 3.05) is 18.9 Å². The van der Waals surface area contributed by atoms with Crippen LogP contribution >= 0.6 is 0 Å². The van der Waals surface area contributed by atoms with Gasteiger partial charge in [0.25, 0.3) is 5.91 Å². The number of anilines is 1. The lowest BCUT2D eigenvalue weighted by Gasteiger charge is -2.16. The molecular formula is C20H21N5O. The molecule has 26 heavy (non-hydrogen) atoms. The number of nitrogens with zero attached hydrogens (tertiary/aromatic N) is 4. The molecule has 0 bridgehead atoms. The fourth-order valence-electron chi connectivity index (χ4n) is 2.46. The molecule has 0 unspecified atom stereocenters. The number of pyridine rings is 1. The summed E-state index contributed by atoms with van der Waals surface area (Å²) in [6.45, 7) is 1.27. The predicted molar refractivity (Wildman–Crippen MR) is 101 cm³/mol. The third-order valence-corrected chi connectivity index (χ3v) is 4.02. The number of amides is 1. The molecule has 0 aliphatic carbocycles. The average molecular weight is 347 g/mol. The van der Waals surface area contributed by atoms with Gasteiger partial charge in [0.05, 0.1) is 12.4 Å². The van der Waals surface area contributed by atoms with E-state index in [1.165, 1.54) is 6.20 Å². The topological polar surface area (TPSA) is 71.0 Å². The van der Waals surface area contributed by atoms with Crippen molar-refractivity contribution in [1.82, 2.24) is 19.9 Å². The van der Waals surface area contributed by atoms with E-state index in [1.807, 2.05) is 42.5 Å². The molecule has 6 heteroatoms. The number of likely N-dealkylation sites (N-methyl/N-ethyl adjacent to an activating group) is 1. The minimum absolute atomic E-state index is 0.138. The summed E-state index contributed by atoms with van der Waals surface area (Å²) in [5.41, 5.74) is 2.64. The maximum atomic E-state index is 12.4. The maximum Gasteiger partial charge on any atom is 0.273 e. The van der Waals surface area contributed by atoms with Gasteiger partial charge < -0.3 is 10.2 Å². The fraction of sp³-hybridized carbons (Fsp3) is 0.200. The van der Waals surface area contributed by atoms with Crippen LogP contribution < -0.4 is 5.32 Å². The number of carbonyl (C=O) groups is 1. The molecular weight excluding hydrogens is 326 g/mol. The highest BCUT2D eigenvalue weighted by molar-refractivity contribution is 5.91. The van der Waals surface area contributed by atoms with Gasteiger partial charge in [-0.15, -0.1) is 0 Å². The molecule has 0 saturated heterocycles. The van der Waals surface area contributed by atoms with Gasteiger partial charge in [0.2, 0.25) is 0 Å². The third kappa shape index (κ3) is 4.86. The molecule has 0 spiro atoms. The van der Waals surface area contributed by atoms with Crippen LogP contribution in [0.2, 0.25) is 0 Å². The minimum atomic E-state index is -0.138. The van der Waals surface area contributed by atoms with E-state index in [0.717, 1.165) is 17.5 Å². The summed E-state index contributed by atoms with van der Waals surface area (Å²) in [5.74, 6) is 0.506. The molecule has 0 saturated carbocycles. The number of carbonyl (C=O) groups excluding carboxylic acids is 1. The molecule has 3 aromatic rings. The van der Waals surface area contributed by atoms with Crippen molar-refractivity contribution in [1.29, 1.82) is 0 Å². The summed E-state index contributed by atoms with van der Waals surface area (Å²) in [4.78, 5) is 26.6. The summed E-state index contributed by atoms with van der Waals surface area (Å²) in [6, 6.07) is 13.9. The zero-order valence-corrected chi connectivity index (χ0v) is 14.7. The van der Waals surface area contributed by atoms with Gasteiger partial charge in [-0.05, 0) is 29.7 Å². The minimum Gasteiger partial charge on any atom is -0.365 e. The Hall–Kier alpha value is -3.28. The largest absolute Gasteiger partial charge is 0.365 e. The van der Waals surface area contributed by atoms with Crippen LogP contribution in [0.3, 0.4) is 0 Å². The fourth-order valence-corrected chi connectivity index (χ4v) is 2.46. The van der Waals surface area contributed by atoms with Crippen molar-refractivity contribution in [2.45, 2.75) is 13.0 Å². The van der Waals surface area contributed by atoms with Crippen molar-refractivity contribution >= 4 is 11.7 Å². The monoisotopic (exact) mass is 347 g/mol. The first-order valence-electron chi connectivity index (χ1n) is 8.46. The van der Waals surface area contributed by atoms with E-state index >= 15 is 0 Å². The Morgan fingerprint density at radius 1 is 1.00 bits per heavy atom. The van der Waals surface area contributed by atoms with E-state index < -0.39 is 0 Å². The summed E-state index contributed by atoms with van der Waals surface area (Å²) >= 11 is 0. The van der Waals surface area contributed by atoms with Gasteiger partial charge in [0.15, 0.2) is 0 Å². The quantitative estimate of drug-likeness (QED) is 0.712. The lowest BCUT2D eigenvalue weighted by atomic mass is 10.2. The highest BCUT2D eigenvalue weighted by Crippen LogP contribution is 2.07. The van der Waals surface area contributed by atoms with E-state index in [4.69, 9.17) is 0 Å². The van der Waals surface area contributed by atoms with Gasteiger partial charge in [0.1, 0.15) is 11.5 Å². The highest BCUT2D eigenvalue weighted by Gasteiger charge is 2.13. The normalized spacial score (nSPS) is 10.3. The van der Waals surface area contributed by atoms with Crippen molar-refractivity contribution in [3.63, 3.8) is 0 Å². The Balaban J connectivity index is 1.52. The Morgan fingerprint density at radius 2 is 1.77 bits per heavy atom. The first kappa shape index (κ1) is 17.5. The lowest BCUT2D eigenvalue weighted by Crippen LogP contribution is -2.29. The van der Waals surface area contributed by atoms with Crippen LogP contribution in [0.25, 0.3) is 0 Å². The van der Waals surface area contributed by atoms with Crippen LogP contribution in [0.1, 0.15) is 21.6 Å². The van der Waals surface area contributed by atoms with Crippen molar-refractivity contribution in [2.24, 2.45) is 0 Å². The van der Waals surface area contributed by atoms with E-state index in [0.29, 0.717) is 24.6 Å². The van der Waals surface area contributed by atoms with Gasteiger partial charge >= 0.3 is 0 Å². The second-order valence-electron chi connectivity index (χ2n) is 5.96. The summed E-state index contributed by atoms with van der Waals surface area (Å²) < 4.78 is 0. The van der Waals surface area contributed by atoms with E-state index in [2.05, 4.69) is 20.3 Å². The Labute approximate surface area is 153 Å². The van der Waals surface area contributed by atoms with Crippen LogP contribution in [0.4, 0.5) is 5.82 Å². The molecule has 2 aromatic heterocycles. The van der Waals surface area contributed by atoms with Crippen molar-refractivity contribution in [3.05, 3.63) is 84.1 Å². The van der Waals surface area contributed by atoms with Gasteiger partial charge in [-0.2, -0.15) is 0 Å². The number of hydrogen-bond donors (Lipinski definition) is 1. The second kappa shape index (κ2) is 8.71. The summed E-state index contributed by atoms with van der Waals surface area (Å²) in [7, 11) is 1.77. The smallest absolute Gasteiger partial charge is 0.273 e. The standard InChI is InChI=1S/C20H21N5O/c1-25(12-9-16-7-10-21-11-8-16)20(26)18-14-24-19(15-22-18)23-13-17-5-3-2-4-6-17/h2-8,10-11,14-15H,9,12-13H2,1H3,(H,23,24). The summed E-state index contributed by atoms with van der Waals surface area (Å²) in [5, 5.41) is 3.20. The van der Waals surface area contributed by atoms with Crippen LogP contribution in [0.15, 0.2) is 67.3 Å². The Bertz CT molecular complexity index is 822. The number of benzene rings is 1. The van der Waals surface area contributed by atoms with Crippen LogP contribution in [-0.2, 0) is 13.0 Å². The molecule has 132 valence electrons. The van der Waals surface area contributed by atoms with Crippen molar-refractivity contribution < 1.29 is 4.79 Å². The van der Waals surface area contributed by atoms with E-state index in [-0.39, 0.29) is 5.91 Å². The molecule has 0 atom stereocenters. The molecule has 0 radical (unpaired) electrons. The zero-order chi connectivity index (χ0) is 18.2. The molecule has 0 aliphatic heterocycles. The first-order valence-corrected chi connectivity index (χ1v) is 8.46. The molecule has 3 rings (SSSR count). The first-order chi connectivity index (χ1) is 12.7. The maximum absolute atomic E-state index is 12.4. The van der Waals surface area contributed by atoms with Crippen LogP contribution in [0.5, 0.6) is 0 Å². The van der Waals surface area contributed by atoms with E-state index in [9.17, 15) is 4.79 Å². The lowest BCUT2D eigenvalue weighted by molar-refractivity contribution is 0.0790. The Morgan fingerprint density at radius 3 is 2.46 bits per heavy atom. The van der Waals surface area contributed by atoms with Gasteiger partial charge in [-0.1, -0.05) is 30.3 Å². The van der Waals surface area contributed by atoms with Crippen molar-refractivity contribution in [3.8, 4) is 0 Å². The molecule has 1 aromatic carbocycles. The molecule has 1 N–H and O–H groups in total.